The van der Waals surface area contributed by atoms with Crippen molar-refractivity contribution in [1.29, 1.82) is 0 Å². The first kappa shape index (κ1) is 20.6. The number of rotatable bonds is 5. The molecule has 12 heteroatoms. The van der Waals surface area contributed by atoms with Crippen LogP contribution in [-0.2, 0) is 35.6 Å². The van der Waals surface area contributed by atoms with Crippen LogP contribution in [0.15, 0.2) is 24.3 Å². The molecular formula is C15H21FN2O6S3. The van der Waals surface area contributed by atoms with Crippen molar-refractivity contribution in [1.82, 2.24) is 8.61 Å². The third-order valence-corrected chi connectivity index (χ3v) is 11.0. The molecule has 0 radical (unpaired) electrons. The lowest BCUT2D eigenvalue weighted by Crippen LogP contribution is -2.52. The van der Waals surface area contributed by atoms with E-state index in [1.807, 2.05) is 0 Å². The van der Waals surface area contributed by atoms with Crippen LogP contribution in [0.2, 0.25) is 0 Å². The van der Waals surface area contributed by atoms with Gasteiger partial charge in [-0.25, -0.2) is 29.6 Å². The van der Waals surface area contributed by atoms with Crippen molar-refractivity contribution in [3.63, 3.8) is 0 Å². The van der Waals surface area contributed by atoms with Crippen molar-refractivity contribution in [2.75, 3.05) is 37.7 Å². The Morgan fingerprint density at radius 2 is 1.67 bits per heavy atom. The lowest BCUT2D eigenvalue weighted by molar-refractivity contribution is 0.271. The van der Waals surface area contributed by atoms with Gasteiger partial charge in [0.25, 0.3) is 0 Å². The van der Waals surface area contributed by atoms with Crippen LogP contribution in [0.4, 0.5) is 4.39 Å². The molecular weight excluding hydrogens is 419 g/mol. The molecule has 1 atom stereocenters. The maximum absolute atomic E-state index is 13.2. The summed E-state index contributed by atoms with van der Waals surface area (Å²) in [5.74, 6) is -1.41. The van der Waals surface area contributed by atoms with E-state index in [1.165, 1.54) is 26.8 Å². The van der Waals surface area contributed by atoms with Crippen molar-refractivity contribution in [3.8, 4) is 0 Å². The van der Waals surface area contributed by atoms with Crippen molar-refractivity contribution in [3.05, 3.63) is 35.6 Å². The van der Waals surface area contributed by atoms with Crippen LogP contribution in [0.3, 0.4) is 0 Å². The van der Waals surface area contributed by atoms with E-state index in [-0.39, 0.29) is 49.9 Å². The Balaban J connectivity index is 1.64. The smallest absolute Gasteiger partial charge is 0.218 e. The number of piperazine rings is 1. The highest BCUT2D eigenvalue weighted by Crippen LogP contribution is 2.24. The molecule has 1 aromatic carbocycles. The minimum atomic E-state index is -3.78. The number of benzene rings is 1. The van der Waals surface area contributed by atoms with Gasteiger partial charge in [-0.15, -0.1) is 0 Å². The normalized spacial score (nSPS) is 24.9. The van der Waals surface area contributed by atoms with E-state index in [1.54, 1.807) is 0 Å². The minimum Gasteiger partial charge on any atom is -0.229 e. The van der Waals surface area contributed by atoms with Crippen LogP contribution >= 0.6 is 0 Å². The molecule has 0 aliphatic carbocycles. The highest BCUT2D eigenvalue weighted by molar-refractivity contribution is 7.95. The molecule has 2 saturated heterocycles. The quantitative estimate of drug-likeness (QED) is 0.627. The summed E-state index contributed by atoms with van der Waals surface area (Å²) in [6.45, 7) is -0.0881. The molecule has 0 N–H and O–H groups in total. The Morgan fingerprint density at radius 1 is 1.04 bits per heavy atom. The van der Waals surface area contributed by atoms with Crippen molar-refractivity contribution in [2.24, 2.45) is 0 Å². The number of sulfonamides is 2. The summed E-state index contributed by atoms with van der Waals surface area (Å²) in [6, 6.07) is 5.32. The fraction of sp³-hybridized carbons (Fsp3) is 0.600. The fourth-order valence-electron chi connectivity index (χ4n) is 3.34. The highest BCUT2D eigenvalue weighted by Gasteiger charge is 2.42. The van der Waals surface area contributed by atoms with E-state index >= 15 is 0 Å². The van der Waals surface area contributed by atoms with Gasteiger partial charge in [0.05, 0.1) is 22.5 Å². The van der Waals surface area contributed by atoms with Crippen LogP contribution in [0, 0.1) is 5.82 Å². The Hall–Kier alpha value is -1.08. The maximum atomic E-state index is 13.2. The zero-order valence-electron chi connectivity index (χ0n) is 14.5. The largest absolute Gasteiger partial charge is 0.229 e. The summed E-state index contributed by atoms with van der Waals surface area (Å²) >= 11 is 0. The number of nitrogens with zero attached hydrogens (tertiary/aromatic N) is 2. The molecule has 0 amide bonds. The van der Waals surface area contributed by atoms with Gasteiger partial charge in [-0.1, -0.05) is 12.1 Å². The van der Waals surface area contributed by atoms with E-state index in [2.05, 4.69) is 0 Å². The third kappa shape index (κ3) is 4.67. The molecule has 0 aromatic heterocycles. The third-order valence-electron chi connectivity index (χ3n) is 4.80. The van der Waals surface area contributed by atoms with Gasteiger partial charge in [-0.05, 0) is 24.1 Å². The first-order chi connectivity index (χ1) is 12.5. The summed E-state index contributed by atoms with van der Waals surface area (Å²) in [7, 11) is -10.8. The SMILES string of the molecule is O=S1(=O)CCC(S(=O)(=O)N2CCN(S(=O)(=O)Cc3cccc(F)c3)CC2)C1. The van der Waals surface area contributed by atoms with Crippen LogP contribution in [0.5, 0.6) is 0 Å². The molecule has 3 rings (SSSR count). The highest BCUT2D eigenvalue weighted by atomic mass is 32.2. The Morgan fingerprint density at radius 3 is 2.22 bits per heavy atom. The molecule has 0 saturated carbocycles. The molecule has 0 bridgehead atoms. The molecule has 1 aromatic rings. The number of hydrogen-bond donors (Lipinski definition) is 0. The fourth-order valence-corrected chi connectivity index (χ4v) is 9.35. The minimum absolute atomic E-state index is 0.0175. The molecule has 2 heterocycles. The topological polar surface area (TPSA) is 109 Å². The van der Waals surface area contributed by atoms with Gasteiger partial charge in [0.1, 0.15) is 5.82 Å². The van der Waals surface area contributed by atoms with E-state index in [0.29, 0.717) is 5.56 Å². The lowest BCUT2D eigenvalue weighted by atomic mass is 10.2. The number of hydrogen-bond acceptors (Lipinski definition) is 6. The lowest BCUT2D eigenvalue weighted by Gasteiger charge is -2.34. The average molecular weight is 441 g/mol. The predicted molar refractivity (Wildman–Crippen MR) is 98.1 cm³/mol. The second-order valence-corrected chi connectivity index (χ2v) is 13.2. The summed E-state index contributed by atoms with van der Waals surface area (Å²) < 4.78 is 89.0. The molecule has 152 valence electrons. The van der Waals surface area contributed by atoms with Crippen LogP contribution in [0.25, 0.3) is 0 Å². The first-order valence-corrected chi connectivity index (χ1v) is 13.3. The Labute approximate surface area is 159 Å². The summed E-state index contributed by atoms with van der Waals surface area (Å²) in [4.78, 5) is 0. The van der Waals surface area contributed by atoms with Crippen molar-refractivity contribution in [2.45, 2.75) is 17.4 Å². The van der Waals surface area contributed by atoms with E-state index in [0.717, 1.165) is 6.07 Å². The molecule has 27 heavy (non-hydrogen) atoms. The van der Waals surface area contributed by atoms with Gasteiger partial charge in [0, 0.05) is 26.2 Å². The van der Waals surface area contributed by atoms with Gasteiger partial charge in [0.15, 0.2) is 9.84 Å². The molecule has 8 nitrogen and oxygen atoms in total. The summed E-state index contributed by atoms with van der Waals surface area (Å²) in [6.07, 6.45) is 0.0722. The van der Waals surface area contributed by atoms with Gasteiger partial charge in [-0.3, -0.25) is 0 Å². The van der Waals surface area contributed by atoms with Gasteiger partial charge in [-0.2, -0.15) is 8.61 Å². The number of sulfone groups is 1. The second kappa shape index (κ2) is 7.39. The average Bonchev–Trinajstić information content (AvgIpc) is 2.95. The van der Waals surface area contributed by atoms with Crippen molar-refractivity contribution < 1.29 is 29.6 Å². The number of halogens is 1. The Kier molecular flexibility index (Phi) is 5.65. The van der Waals surface area contributed by atoms with E-state index in [4.69, 9.17) is 0 Å². The predicted octanol–water partition coefficient (Wildman–Crippen LogP) is -0.210. The van der Waals surface area contributed by atoms with E-state index < -0.39 is 41.0 Å². The van der Waals surface area contributed by atoms with Crippen LogP contribution < -0.4 is 0 Å². The standard InChI is InChI=1S/C15H21FN2O6S3/c16-14-3-1-2-13(10-14)11-26(21,22)17-5-7-18(8-6-17)27(23,24)15-4-9-25(19,20)12-15/h1-3,10,15H,4-9,11-12H2. The van der Waals surface area contributed by atoms with Gasteiger partial charge >= 0.3 is 0 Å². The van der Waals surface area contributed by atoms with E-state index in [9.17, 15) is 29.6 Å². The zero-order chi connectivity index (χ0) is 19.9. The van der Waals surface area contributed by atoms with Crippen LogP contribution in [0.1, 0.15) is 12.0 Å². The zero-order valence-corrected chi connectivity index (χ0v) is 16.9. The van der Waals surface area contributed by atoms with Gasteiger partial charge in [0.2, 0.25) is 20.0 Å². The summed E-state index contributed by atoms with van der Waals surface area (Å²) in [5, 5.41) is -0.960. The molecule has 2 aliphatic heterocycles. The summed E-state index contributed by atoms with van der Waals surface area (Å²) in [5.41, 5.74) is 0.321. The molecule has 1 unspecified atom stereocenters. The monoisotopic (exact) mass is 440 g/mol. The van der Waals surface area contributed by atoms with Crippen molar-refractivity contribution >= 4 is 29.9 Å². The maximum Gasteiger partial charge on any atom is 0.218 e. The van der Waals surface area contributed by atoms with Gasteiger partial charge < -0.3 is 0 Å². The molecule has 2 aliphatic rings. The first-order valence-electron chi connectivity index (χ1n) is 8.41. The Bertz CT molecular complexity index is 1020. The second-order valence-electron chi connectivity index (χ2n) is 6.75. The van der Waals surface area contributed by atoms with Crippen LogP contribution in [-0.4, -0.2) is 76.8 Å². The molecule has 0 spiro atoms. The molecule has 2 fully saturated rings.